The molecule has 2 amide bonds. The van der Waals surface area contributed by atoms with Crippen molar-refractivity contribution in [3.05, 3.63) is 64.7 Å². The summed E-state index contributed by atoms with van der Waals surface area (Å²) in [5, 5.41) is 3.84. The van der Waals surface area contributed by atoms with Crippen LogP contribution in [0.4, 0.5) is 5.69 Å². The Kier molecular flexibility index (Phi) is 4.92. The molecule has 3 unspecified atom stereocenters. The topological polar surface area (TPSA) is 49.4 Å². The Morgan fingerprint density at radius 3 is 2.70 bits per heavy atom. The van der Waals surface area contributed by atoms with Crippen molar-refractivity contribution >= 4 is 29.1 Å². The van der Waals surface area contributed by atoms with Crippen LogP contribution in [0.5, 0.6) is 0 Å². The smallest absolute Gasteiger partial charge is 0.227 e. The van der Waals surface area contributed by atoms with Gasteiger partial charge in [-0.15, -0.1) is 0 Å². The zero-order valence-corrected chi connectivity index (χ0v) is 16.1. The second-order valence-electron chi connectivity index (χ2n) is 7.47. The molecular formula is C22H23ClN2O2. The van der Waals surface area contributed by atoms with E-state index in [1.165, 1.54) is 5.56 Å². The van der Waals surface area contributed by atoms with E-state index >= 15 is 0 Å². The molecule has 5 heteroatoms. The van der Waals surface area contributed by atoms with Gasteiger partial charge in [-0.3, -0.25) is 9.59 Å². The predicted octanol–water partition coefficient (Wildman–Crippen LogP) is 4.45. The van der Waals surface area contributed by atoms with Crippen LogP contribution in [0.1, 0.15) is 49.3 Å². The maximum absolute atomic E-state index is 12.6. The summed E-state index contributed by atoms with van der Waals surface area (Å²) in [4.78, 5) is 26.4. The average molecular weight is 383 g/mol. The first kappa shape index (κ1) is 18.1. The van der Waals surface area contributed by atoms with Crippen molar-refractivity contribution in [1.29, 1.82) is 0 Å². The van der Waals surface area contributed by atoms with Gasteiger partial charge in [-0.05, 0) is 61.1 Å². The fourth-order valence-corrected chi connectivity index (χ4v) is 3.98. The molecule has 0 bridgehead atoms. The minimum absolute atomic E-state index is 0.0250. The number of hydrogen-bond donors (Lipinski definition) is 1. The minimum atomic E-state index is -0.0957. The van der Waals surface area contributed by atoms with Crippen LogP contribution in [0.25, 0.3) is 0 Å². The first-order valence-corrected chi connectivity index (χ1v) is 9.87. The van der Waals surface area contributed by atoms with Gasteiger partial charge in [-0.1, -0.05) is 35.9 Å². The molecule has 1 saturated carbocycles. The van der Waals surface area contributed by atoms with Crippen LogP contribution in [0.15, 0.2) is 48.5 Å². The third-order valence-electron chi connectivity index (χ3n) is 5.54. The van der Waals surface area contributed by atoms with Crippen LogP contribution in [-0.4, -0.2) is 18.4 Å². The SMILES string of the molecule is CC(NC(=O)C1CC1c1ccc(Cl)cc1)c1cccc(N2CCCC2=O)c1. The summed E-state index contributed by atoms with van der Waals surface area (Å²) in [5.41, 5.74) is 3.10. The van der Waals surface area contributed by atoms with Gasteiger partial charge in [0.15, 0.2) is 0 Å². The third kappa shape index (κ3) is 3.86. The number of amides is 2. The van der Waals surface area contributed by atoms with Crippen LogP contribution >= 0.6 is 11.6 Å². The number of halogens is 1. The molecule has 3 atom stereocenters. The quantitative estimate of drug-likeness (QED) is 0.830. The number of anilines is 1. The number of nitrogens with one attached hydrogen (secondary N) is 1. The Labute approximate surface area is 164 Å². The summed E-state index contributed by atoms with van der Waals surface area (Å²) < 4.78 is 0. The number of rotatable bonds is 5. The minimum Gasteiger partial charge on any atom is -0.349 e. The van der Waals surface area contributed by atoms with Crippen molar-refractivity contribution in [2.75, 3.05) is 11.4 Å². The van der Waals surface area contributed by atoms with E-state index in [2.05, 4.69) is 5.32 Å². The van der Waals surface area contributed by atoms with Crippen LogP contribution in [-0.2, 0) is 9.59 Å². The first-order chi connectivity index (χ1) is 13.0. The highest BCUT2D eigenvalue weighted by Crippen LogP contribution is 2.48. The van der Waals surface area contributed by atoms with Crippen molar-refractivity contribution in [2.45, 2.75) is 38.1 Å². The lowest BCUT2D eigenvalue weighted by Gasteiger charge is -2.19. The molecule has 0 radical (unpaired) electrons. The number of nitrogens with zero attached hydrogens (tertiary/aromatic N) is 1. The largest absolute Gasteiger partial charge is 0.349 e. The van der Waals surface area contributed by atoms with Crippen molar-refractivity contribution < 1.29 is 9.59 Å². The lowest BCUT2D eigenvalue weighted by Crippen LogP contribution is -2.29. The highest BCUT2D eigenvalue weighted by atomic mass is 35.5. The zero-order chi connectivity index (χ0) is 19.0. The van der Waals surface area contributed by atoms with Crippen molar-refractivity contribution in [1.82, 2.24) is 5.32 Å². The molecule has 1 heterocycles. The molecule has 2 aliphatic rings. The van der Waals surface area contributed by atoms with Crippen LogP contribution in [0, 0.1) is 5.92 Å². The van der Waals surface area contributed by atoms with Gasteiger partial charge >= 0.3 is 0 Å². The normalized spacial score (nSPS) is 22.6. The first-order valence-electron chi connectivity index (χ1n) is 9.49. The number of carbonyl (C=O) groups is 2. The molecule has 2 aromatic carbocycles. The summed E-state index contributed by atoms with van der Waals surface area (Å²) in [6, 6.07) is 15.6. The van der Waals surface area contributed by atoms with Gasteiger partial charge in [0.2, 0.25) is 11.8 Å². The maximum atomic E-state index is 12.6. The Balaban J connectivity index is 1.39. The summed E-state index contributed by atoms with van der Waals surface area (Å²) in [6.07, 6.45) is 2.40. The molecule has 27 heavy (non-hydrogen) atoms. The standard InChI is InChI=1S/C22H23ClN2O2/c1-14(16-4-2-5-18(12-16)25-11-3-6-21(25)26)24-22(27)20-13-19(20)15-7-9-17(23)10-8-15/h2,4-5,7-10,12,14,19-20H,3,6,11,13H2,1H3,(H,24,27). The van der Waals surface area contributed by atoms with E-state index < -0.39 is 0 Å². The second kappa shape index (κ2) is 7.35. The molecule has 4 rings (SSSR count). The van der Waals surface area contributed by atoms with Gasteiger partial charge in [0.25, 0.3) is 0 Å². The summed E-state index contributed by atoms with van der Waals surface area (Å²) in [5.74, 6) is 0.567. The van der Waals surface area contributed by atoms with E-state index in [-0.39, 0.29) is 29.7 Å². The fraction of sp³-hybridized carbons (Fsp3) is 0.364. The van der Waals surface area contributed by atoms with Gasteiger partial charge in [-0.25, -0.2) is 0 Å². The lowest BCUT2D eigenvalue weighted by molar-refractivity contribution is -0.123. The van der Waals surface area contributed by atoms with E-state index in [1.807, 2.05) is 60.4 Å². The molecule has 140 valence electrons. The lowest BCUT2D eigenvalue weighted by atomic mass is 10.1. The molecular weight excluding hydrogens is 360 g/mol. The molecule has 1 aliphatic carbocycles. The van der Waals surface area contributed by atoms with Crippen LogP contribution in [0.2, 0.25) is 5.02 Å². The van der Waals surface area contributed by atoms with Gasteiger partial charge in [0.1, 0.15) is 0 Å². The highest BCUT2D eigenvalue weighted by molar-refractivity contribution is 6.30. The summed E-state index contributed by atoms with van der Waals surface area (Å²) in [7, 11) is 0. The summed E-state index contributed by atoms with van der Waals surface area (Å²) in [6.45, 7) is 2.76. The van der Waals surface area contributed by atoms with E-state index in [0.717, 1.165) is 30.6 Å². The predicted molar refractivity (Wildman–Crippen MR) is 107 cm³/mol. The maximum Gasteiger partial charge on any atom is 0.227 e. The molecule has 2 aromatic rings. The van der Waals surface area contributed by atoms with Crippen molar-refractivity contribution in [3.8, 4) is 0 Å². The second-order valence-corrected chi connectivity index (χ2v) is 7.91. The molecule has 1 saturated heterocycles. The van der Waals surface area contributed by atoms with Crippen LogP contribution in [0.3, 0.4) is 0 Å². The highest BCUT2D eigenvalue weighted by Gasteiger charge is 2.44. The zero-order valence-electron chi connectivity index (χ0n) is 15.3. The van der Waals surface area contributed by atoms with Gasteiger partial charge in [-0.2, -0.15) is 0 Å². The Hall–Kier alpha value is -2.33. The number of carbonyl (C=O) groups excluding carboxylic acids is 2. The Morgan fingerprint density at radius 2 is 2.00 bits per heavy atom. The molecule has 2 fully saturated rings. The molecule has 1 N–H and O–H groups in total. The Morgan fingerprint density at radius 1 is 1.22 bits per heavy atom. The molecule has 4 nitrogen and oxygen atoms in total. The van der Waals surface area contributed by atoms with Crippen molar-refractivity contribution in [3.63, 3.8) is 0 Å². The molecule has 0 aromatic heterocycles. The third-order valence-corrected chi connectivity index (χ3v) is 5.79. The van der Waals surface area contributed by atoms with E-state index in [9.17, 15) is 9.59 Å². The monoisotopic (exact) mass is 382 g/mol. The number of hydrogen-bond acceptors (Lipinski definition) is 2. The van der Waals surface area contributed by atoms with E-state index in [4.69, 9.17) is 11.6 Å². The van der Waals surface area contributed by atoms with Crippen LogP contribution < -0.4 is 10.2 Å². The molecule has 1 aliphatic heterocycles. The van der Waals surface area contributed by atoms with Gasteiger partial charge in [0.05, 0.1) is 6.04 Å². The fourth-order valence-electron chi connectivity index (χ4n) is 3.85. The van der Waals surface area contributed by atoms with E-state index in [0.29, 0.717) is 11.4 Å². The number of benzene rings is 2. The van der Waals surface area contributed by atoms with E-state index in [1.54, 1.807) is 0 Å². The molecule has 0 spiro atoms. The van der Waals surface area contributed by atoms with Gasteiger partial charge in [0, 0.05) is 29.6 Å². The summed E-state index contributed by atoms with van der Waals surface area (Å²) >= 11 is 5.94. The average Bonchev–Trinajstić information content (AvgIpc) is 3.36. The Bertz CT molecular complexity index is 865. The van der Waals surface area contributed by atoms with Crippen molar-refractivity contribution in [2.24, 2.45) is 5.92 Å². The van der Waals surface area contributed by atoms with Gasteiger partial charge < -0.3 is 10.2 Å².